The van der Waals surface area contributed by atoms with Gasteiger partial charge in [-0.05, 0) is 6.92 Å². The van der Waals surface area contributed by atoms with E-state index < -0.39 is 0 Å². The Morgan fingerprint density at radius 1 is 1.77 bits per heavy atom. The van der Waals surface area contributed by atoms with E-state index in [1.54, 1.807) is 4.68 Å². The minimum absolute atomic E-state index is 0.436. The molecule has 0 atom stereocenters. The van der Waals surface area contributed by atoms with Gasteiger partial charge in [-0.2, -0.15) is 5.10 Å². The zero-order valence-electron chi connectivity index (χ0n) is 7.86. The van der Waals surface area contributed by atoms with Gasteiger partial charge in [0.2, 0.25) is 0 Å². The lowest BCUT2D eigenvalue weighted by Gasteiger charge is -2.00. The average Bonchev–Trinajstić information content (AvgIpc) is 2.48. The molecule has 0 aromatic carbocycles. The Labute approximate surface area is 76.9 Å². The molecule has 0 aliphatic carbocycles. The van der Waals surface area contributed by atoms with E-state index in [0.717, 1.165) is 12.4 Å². The molecule has 13 heavy (non-hydrogen) atoms. The third-order valence-electron chi connectivity index (χ3n) is 1.55. The van der Waals surface area contributed by atoms with Crippen LogP contribution in [0.1, 0.15) is 12.7 Å². The summed E-state index contributed by atoms with van der Waals surface area (Å²) in [5.41, 5.74) is 5.53. The highest BCUT2D eigenvalue weighted by Gasteiger charge is 1.97. The number of hydrogen-bond donors (Lipinski definition) is 2. The molecule has 1 aromatic rings. The van der Waals surface area contributed by atoms with Crippen LogP contribution >= 0.6 is 0 Å². The lowest BCUT2D eigenvalue weighted by molar-refractivity contribution is 0.701. The van der Waals surface area contributed by atoms with Gasteiger partial charge >= 0.3 is 0 Å². The number of nitrogens with one attached hydrogen (secondary N) is 1. The van der Waals surface area contributed by atoms with E-state index in [9.17, 15) is 0 Å². The molecule has 0 unspecified atom stereocenters. The van der Waals surface area contributed by atoms with E-state index in [1.165, 1.54) is 6.33 Å². The molecule has 0 fully saturated rings. The van der Waals surface area contributed by atoms with E-state index in [-0.39, 0.29) is 0 Å². The number of aryl methyl sites for hydroxylation is 1. The Morgan fingerprint density at radius 2 is 2.54 bits per heavy atom. The van der Waals surface area contributed by atoms with Gasteiger partial charge in [0.25, 0.3) is 0 Å². The highest BCUT2D eigenvalue weighted by molar-refractivity contribution is 5.77. The topological polar surface area (TPSA) is 81.1 Å². The van der Waals surface area contributed by atoms with Gasteiger partial charge in [-0.15, -0.1) is 0 Å². The van der Waals surface area contributed by atoms with Crippen LogP contribution in [-0.4, -0.2) is 27.3 Å². The summed E-state index contributed by atoms with van der Waals surface area (Å²) < 4.78 is 1.67. The van der Waals surface area contributed by atoms with Gasteiger partial charge in [0.1, 0.15) is 18.7 Å². The van der Waals surface area contributed by atoms with Crippen molar-refractivity contribution in [1.82, 2.24) is 20.1 Å². The maximum atomic E-state index is 5.53. The number of aliphatic imine (C=N–C) groups is 1. The second kappa shape index (κ2) is 4.44. The fraction of sp³-hybridized carbons (Fsp3) is 0.571. The summed E-state index contributed by atoms with van der Waals surface area (Å²) in [5, 5.41) is 6.81. The Hall–Kier alpha value is -1.59. The first kappa shape index (κ1) is 9.50. The van der Waals surface area contributed by atoms with Crippen molar-refractivity contribution in [3.8, 4) is 0 Å². The number of rotatable bonds is 3. The van der Waals surface area contributed by atoms with Gasteiger partial charge in [-0.3, -0.25) is 4.68 Å². The van der Waals surface area contributed by atoms with Gasteiger partial charge < -0.3 is 11.1 Å². The molecule has 0 spiro atoms. The first-order valence-corrected chi connectivity index (χ1v) is 4.10. The van der Waals surface area contributed by atoms with Crippen LogP contribution in [0.3, 0.4) is 0 Å². The summed E-state index contributed by atoms with van der Waals surface area (Å²) in [5.74, 6) is 1.23. The zero-order chi connectivity index (χ0) is 9.68. The standard InChI is InChI=1S/C7H14N6/c1-3-9-7(8)10-4-6-11-5-12-13(6)2/h5H,3-4H2,1-2H3,(H3,8,9,10). The Bertz CT molecular complexity index is 289. The van der Waals surface area contributed by atoms with Crippen molar-refractivity contribution in [1.29, 1.82) is 0 Å². The maximum absolute atomic E-state index is 5.53. The molecule has 0 saturated heterocycles. The van der Waals surface area contributed by atoms with Gasteiger partial charge in [-0.25, -0.2) is 9.98 Å². The minimum atomic E-state index is 0.436. The Kier molecular flexibility index (Phi) is 3.24. The largest absolute Gasteiger partial charge is 0.370 e. The fourth-order valence-corrected chi connectivity index (χ4v) is 0.856. The average molecular weight is 182 g/mol. The molecule has 1 heterocycles. The normalized spacial score (nSPS) is 11.7. The molecule has 0 amide bonds. The number of nitrogens with two attached hydrogens (primary N) is 1. The van der Waals surface area contributed by atoms with Crippen LogP contribution in [0.25, 0.3) is 0 Å². The predicted molar refractivity (Wildman–Crippen MR) is 50.0 cm³/mol. The molecule has 3 N–H and O–H groups in total. The summed E-state index contributed by atoms with van der Waals surface area (Å²) in [4.78, 5) is 8.09. The molecule has 0 radical (unpaired) electrons. The van der Waals surface area contributed by atoms with Crippen molar-refractivity contribution in [2.45, 2.75) is 13.5 Å². The third kappa shape index (κ3) is 2.73. The minimum Gasteiger partial charge on any atom is -0.370 e. The monoisotopic (exact) mass is 182 g/mol. The number of guanidine groups is 1. The SMILES string of the molecule is CCNC(N)=NCc1ncnn1C. The third-order valence-corrected chi connectivity index (χ3v) is 1.55. The van der Waals surface area contributed by atoms with Crippen LogP contribution in [0.4, 0.5) is 0 Å². The molecule has 1 rings (SSSR count). The van der Waals surface area contributed by atoms with Crippen LogP contribution in [0, 0.1) is 0 Å². The summed E-state index contributed by atoms with van der Waals surface area (Å²) >= 11 is 0. The first-order chi connectivity index (χ1) is 6.24. The van der Waals surface area contributed by atoms with Gasteiger partial charge in [-0.1, -0.05) is 0 Å². The summed E-state index contributed by atoms with van der Waals surface area (Å²) in [6, 6.07) is 0. The highest BCUT2D eigenvalue weighted by atomic mass is 15.3. The summed E-state index contributed by atoms with van der Waals surface area (Å²) in [6.07, 6.45) is 1.49. The molecule has 6 nitrogen and oxygen atoms in total. The number of hydrogen-bond acceptors (Lipinski definition) is 3. The first-order valence-electron chi connectivity index (χ1n) is 4.10. The Balaban J connectivity index is 2.51. The van der Waals surface area contributed by atoms with Crippen LogP contribution in [0.15, 0.2) is 11.3 Å². The highest BCUT2D eigenvalue weighted by Crippen LogP contribution is 1.92. The van der Waals surface area contributed by atoms with Crippen LogP contribution < -0.4 is 11.1 Å². The summed E-state index contributed by atoms with van der Waals surface area (Å²) in [7, 11) is 1.82. The van der Waals surface area contributed by atoms with Gasteiger partial charge in [0.15, 0.2) is 5.96 Å². The molecule has 72 valence electrons. The molecule has 0 saturated carbocycles. The van der Waals surface area contributed by atoms with Crippen molar-refractivity contribution in [3.05, 3.63) is 12.2 Å². The molecule has 0 aliphatic rings. The summed E-state index contributed by atoms with van der Waals surface area (Å²) in [6.45, 7) is 3.19. The van der Waals surface area contributed by atoms with Crippen molar-refractivity contribution in [2.75, 3.05) is 6.54 Å². The van der Waals surface area contributed by atoms with Crippen molar-refractivity contribution in [3.63, 3.8) is 0 Å². The van der Waals surface area contributed by atoms with E-state index in [0.29, 0.717) is 12.5 Å². The molecule has 0 bridgehead atoms. The lowest BCUT2D eigenvalue weighted by atomic mass is 10.6. The van der Waals surface area contributed by atoms with Crippen LogP contribution in [0.5, 0.6) is 0 Å². The van der Waals surface area contributed by atoms with E-state index in [1.807, 2.05) is 14.0 Å². The van der Waals surface area contributed by atoms with E-state index in [4.69, 9.17) is 5.73 Å². The molecule has 1 aromatic heterocycles. The molecular formula is C7H14N6. The second-order valence-corrected chi connectivity index (χ2v) is 2.53. The van der Waals surface area contributed by atoms with E-state index in [2.05, 4.69) is 20.4 Å². The number of aromatic nitrogens is 3. The molecular weight excluding hydrogens is 168 g/mol. The maximum Gasteiger partial charge on any atom is 0.189 e. The smallest absolute Gasteiger partial charge is 0.189 e. The second-order valence-electron chi connectivity index (χ2n) is 2.53. The van der Waals surface area contributed by atoms with E-state index >= 15 is 0 Å². The quantitative estimate of drug-likeness (QED) is 0.475. The predicted octanol–water partition coefficient (Wildman–Crippen LogP) is -0.761. The molecule has 0 aliphatic heterocycles. The van der Waals surface area contributed by atoms with Crippen molar-refractivity contribution >= 4 is 5.96 Å². The fourth-order valence-electron chi connectivity index (χ4n) is 0.856. The van der Waals surface area contributed by atoms with Crippen molar-refractivity contribution < 1.29 is 0 Å². The van der Waals surface area contributed by atoms with Crippen LogP contribution in [0.2, 0.25) is 0 Å². The zero-order valence-corrected chi connectivity index (χ0v) is 7.86. The Morgan fingerprint density at radius 3 is 3.08 bits per heavy atom. The number of nitrogens with zero attached hydrogens (tertiary/aromatic N) is 4. The van der Waals surface area contributed by atoms with Crippen LogP contribution in [-0.2, 0) is 13.6 Å². The van der Waals surface area contributed by atoms with Crippen molar-refractivity contribution in [2.24, 2.45) is 17.8 Å². The van der Waals surface area contributed by atoms with Gasteiger partial charge in [0, 0.05) is 13.6 Å². The van der Waals surface area contributed by atoms with Gasteiger partial charge in [0.05, 0.1) is 0 Å². The molecule has 6 heteroatoms. The lowest BCUT2D eigenvalue weighted by Crippen LogP contribution is -2.31.